The van der Waals surface area contributed by atoms with Gasteiger partial charge in [0.2, 0.25) is 0 Å². The number of hydrogen-bond donors (Lipinski definition) is 1. The molecule has 0 aromatic carbocycles. The normalized spacial score (nSPS) is 18.9. The summed E-state index contributed by atoms with van der Waals surface area (Å²) in [4.78, 5) is 6.66. The lowest BCUT2D eigenvalue weighted by atomic mass is 10.4. The largest absolute Gasteiger partial charge is 0.378 e. The molecule has 1 N–H and O–H groups in total. The molecule has 4 nitrogen and oxygen atoms in total. The predicted octanol–water partition coefficient (Wildman–Crippen LogP) is 0.304. The first-order chi connectivity index (χ1) is 6.38. The van der Waals surface area contributed by atoms with Gasteiger partial charge in [0.1, 0.15) is 0 Å². The molecule has 1 fully saturated rings. The Labute approximate surface area is 80.0 Å². The van der Waals surface area contributed by atoms with E-state index >= 15 is 0 Å². The van der Waals surface area contributed by atoms with Crippen molar-refractivity contribution in [2.45, 2.75) is 13.8 Å². The fourth-order valence-corrected chi connectivity index (χ4v) is 1.35. The van der Waals surface area contributed by atoms with E-state index in [1.54, 1.807) is 0 Å². The Bertz CT molecular complexity index is 164. The van der Waals surface area contributed by atoms with E-state index < -0.39 is 0 Å². The van der Waals surface area contributed by atoms with Crippen LogP contribution in [0.5, 0.6) is 0 Å². The zero-order valence-corrected chi connectivity index (χ0v) is 8.55. The van der Waals surface area contributed by atoms with Crippen LogP contribution >= 0.6 is 0 Å². The highest BCUT2D eigenvalue weighted by Crippen LogP contribution is 1.97. The fraction of sp³-hybridized carbons (Fsp3) is 0.889. The number of hydrogen-bond acceptors (Lipinski definition) is 2. The second kappa shape index (κ2) is 5.80. The van der Waals surface area contributed by atoms with Crippen molar-refractivity contribution in [2.24, 2.45) is 4.99 Å². The molecule has 1 aliphatic rings. The van der Waals surface area contributed by atoms with Gasteiger partial charge in [0, 0.05) is 26.2 Å². The third-order valence-corrected chi connectivity index (χ3v) is 1.95. The predicted molar refractivity (Wildman–Crippen MR) is 54.0 cm³/mol. The van der Waals surface area contributed by atoms with Crippen molar-refractivity contribution in [2.75, 3.05) is 39.4 Å². The molecule has 76 valence electrons. The average molecular weight is 185 g/mol. The molecule has 0 aliphatic carbocycles. The van der Waals surface area contributed by atoms with E-state index in [0.29, 0.717) is 0 Å². The van der Waals surface area contributed by atoms with Crippen LogP contribution < -0.4 is 5.32 Å². The molecular weight excluding hydrogens is 166 g/mol. The molecular formula is C9H19N3O. The van der Waals surface area contributed by atoms with E-state index in [9.17, 15) is 0 Å². The summed E-state index contributed by atoms with van der Waals surface area (Å²) in [6, 6.07) is 0. The Kier molecular flexibility index (Phi) is 4.60. The monoisotopic (exact) mass is 185 g/mol. The Hall–Kier alpha value is -0.770. The maximum absolute atomic E-state index is 5.28. The fourth-order valence-electron chi connectivity index (χ4n) is 1.35. The van der Waals surface area contributed by atoms with E-state index in [2.05, 4.69) is 29.1 Å². The van der Waals surface area contributed by atoms with Crippen molar-refractivity contribution >= 4 is 5.96 Å². The summed E-state index contributed by atoms with van der Waals surface area (Å²) in [5.41, 5.74) is 0. The molecule has 0 amide bonds. The second-order valence-electron chi connectivity index (χ2n) is 2.93. The minimum absolute atomic E-state index is 0.814. The maximum atomic E-state index is 5.28. The van der Waals surface area contributed by atoms with Crippen molar-refractivity contribution in [3.8, 4) is 0 Å². The van der Waals surface area contributed by atoms with E-state index in [1.807, 2.05) is 0 Å². The highest BCUT2D eigenvalue weighted by atomic mass is 16.5. The van der Waals surface area contributed by atoms with Gasteiger partial charge in [0.15, 0.2) is 5.96 Å². The van der Waals surface area contributed by atoms with Gasteiger partial charge < -0.3 is 15.0 Å². The number of guanidine groups is 1. The SMILES string of the molecule is CCN=C(NCC)N1CCOCC1. The molecule has 0 aromatic heterocycles. The molecule has 1 rings (SSSR count). The Morgan fingerprint density at radius 1 is 1.38 bits per heavy atom. The van der Waals surface area contributed by atoms with Crippen LogP contribution in [0.4, 0.5) is 0 Å². The number of nitrogens with zero attached hydrogens (tertiary/aromatic N) is 2. The lowest BCUT2D eigenvalue weighted by Gasteiger charge is -2.29. The molecule has 0 radical (unpaired) electrons. The topological polar surface area (TPSA) is 36.9 Å². The first-order valence-corrected chi connectivity index (χ1v) is 4.99. The highest BCUT2D eigenvalue weighted by Gasteiger charge is 2.13. The van der Waals surface area contributed by atoms with Crippen LogP contribution in [0.3, 0.4) is 0 Å². The number of nitrogens with one attached hydrogen (secondary N) is 1. The van der Waals surface area contributed by atoms with Crippen molar-refractivity contribution in [3.63, 3.8) is 0 Å². The Morgan fingerprint density at radius 3 is 2.62 bits per heavy atom. The summed E-state index contributed by atoms with van der Waals surface area (Å²) in [7, 11) is 0. The quantitative estimate of drug-likeness (QED) is 0.497. The first kappa shape index (κ1) is 10.3. The van der Waals surface area contributed by atoms with Crippen LogP contribution in [-0.4, -0.2) is 50.3 Å². The molecule has 0 spiro atoms. The van der Waals surface area contributed by atoms with Crippen LogP contribution in [0.25, 0.3) is 0 Å². The summed E-state index contributed by atoms with van der Waals surface area (Å²) in [5.74, 6) is 1.02. The first-order valence-electron chi connectivity index (χ1n) is 4.99. The number of aliphatic imine (C=N–C) groups is 1. The zero-order valence-electron chi connectivity index (χ0n) is 8.55. The van der Waals surface area contributed by atoms with Crippen molar-refractivity contribution < 1.29 is 4.74 Å². The molecule has 1 heterocycles. The third kappa shape index (κ3) is 3.22. The summed E-state index contributed by atoms with van der Waals surface area (Å²) >= 11 is 0. The van der Waals surface area contributed by atoms with Crippen LogP contribution in [0.1, 0.15) is 13.8 Å². The molecule has 1 saturated heterocycles. The number of morpholine rings is 1. The summed E-state index contributed by atoms with van der Waals surface area (Å²) in [6.07, 6.45) is 0. The highest BCUT2D eigenvalue weighted by molar-refractivity contribution is 5.80. The van der Waals surface area contributed by atoms with Gasteiger partial charge in [0.25, 0.3) is 0 Å². The van der Waals surface area contributed by atoms with Gasteiger partial charge in [-0.05, 0) is 13.8 Å². The smallest absolute Gasteiger partial charge is 0.194 e. The lowest BCUT2D eigenvalue weighted by molar-refractivity contribution is 0.0665. The molecule has 0 atom stereocenters. The van der Waals surface area contributed by atoms with Crippen LogP contribution in [0.2, 0.25) is 0 Å². The van der Waals surface area contributed by atoms with Crippen LogP contribution in [-0.2, 0) is 4.74 Å². The average Bonchev–Trinajstić information content (AvgIpc) is 2.19. The van der Waals surface area contributed by atoms with Crippen LogP contribution in [0, 0.1) is 0 Å². The van der Waals surface area contributed by atoms with Gasteiger partial charge in [-0.25, -0.2) is 0 Å². The minimum atomic E-state index is 0.814. The zero-order chi connectivity index (χ0) is 9.52. The molecule has 0 aromatic rings. The van der Waals surface area contributed by atoms with Gasteiger partial charge in [-0.2, -0.15) is 0 Å². The van der Waals surface area contributed by atoms with Gasteiger partial charge in [-0.15, -0.1) is 0 Å². The molecule has 0 unspecified atom stereocenters. The summed E-state index contributed by atoms with van der Waals surface area (Å²) < 4.78 is 5.28. The van der Waals surface area contributed by atoms with Gasteiger partial charge in [-0.1, -0.05) is 0 Å². The molecule has 0 bridgehead atoms. The molecule has 0 saturated carbocycles. The van der Waals surface area contributed by atoms with E-state index in [0.717, 1.165) is 45.4 Å². The second-order valence-corrected chi connectivity index (χ2v) is 2.93. The van der Waals surface area contributed by atoms with E-state index in [4.69, 9.17) is 4.74 Å². The minimum Gasteiger partial charge on any atom is -0.378 e. The van der Waals surface area contributed by atoms with Gasteiger partial charge in [0.05, 0.1) is 13.2 Å². The summed E-state index contributed by atoms with van der Waals surface area (Å²) in [5, 5.41) is 3.27. The van der Waals surface area contributed by atoms with E-state index in [1.165, 1.54) is 0 Å². The lowest BCUT2D eigenvalue weighted by Crippen LogP contribution is -2.47. The Balaban J connectivity index is 2.46. The standard InChI is InChI=1S/C9H19N3O/c1-3-10-9(11-4-2)12-5-7-13-8-6-12/h3-8H2,1-2H3,(H,10,11). The number of rotatable bonds is 2. The molecule has 4 heteroatoms. The summed E-state index contributed by atoms with van der Waals surface area (Å²) in [6.45, 7) is 9.43. The van der Waals surface area contributed by atoms with Crippen molar-refractivity contribution in [1.29, 1.82) is 0 Å². The van der Waals surface area contributed by atoms with E-state index in [-0.39, 0.29) is 0 Å². The molecule has 13 heavy (non-hydrogen) atoms. The van der Waals surface area contributed by atoms with Gasteiger partial charge >= 0.3 is 0 Å². The van der Waals surface area contributed by atoms with Crippen molar-refractivity contribution in [1.82, 2.24) is 10.2 Å². The van der Waals surface area contributed by atoms with Gasteiger partial charge in [-0.3, -0.25) is 4.99 Å². The third-order valence-electron chi connectivity index (χ3n) is 1.95. The Morgan fingerprint density at radius 2 is 2.08 bits per heavy atom. The van der Waals surface area contributed by atoms with Crippen molar-refractivity contribution in [3.05, 3.63) is 0 Å². The maximum Gasteiger partial charge on any atom is 0.194 e. The number of ether oxygens (including phenoxy) is 1. The van der Waals surface area contributed by atoms with Crippen LogP contribution in [0.15, 0.2) is 4.99 Å². The molecule has 1 aliphatic heterocycles.